The summed E-state index contributed by atoms with van der Waals surface area (Å²) in [7, 11) is 1.84. The van der Waals surface area contributed by atoms with Crippen molar-refractivity contribution >= 4 is 11.5 Å². The highest BCUT2D eigenvalue weighted by molar-refractivity contribution is 5.65. The third-order valence-electron chi connectivity index (χ3n) is 2.22. The van der Waals surface area contributed by atoms with Crippen molar-refractivity contribution in [3.63, 3.8) is 0 Å². The van der Waals surface area contributed by atoms with Gasteiger partial charge in [0.2, 0.25) is 0 Å². The number of nitrogen functional groups attached to an aromatic ring is 1. The SMILES string of the molecule is CC(O)CNc1c(N)c(C(C)C)nn1C. The number of hydrogen-bond acceptors (Lipinski definition) is 4. The predicted octanol–water partition coefficient (Wildman–Crippen LogP) is 0.918. The minimum Gasteiger partial charge on any atom is -0.394 e. The molecular weight excluding hydrogens is 192 g/mol. The van der Waals surface area contributed by atoms with Crippen molar-refractivity contribution in [1.29, 1.82) is 0 Å². The fourth-order valence-electron chi connectivity index (χ4n) is 1.44. The minimum absolute atomic E-state index is 0.304. The van der Waals surface area contributed by atoms with Crippen molar-refractivity contribution in [3.8, 4) is 0 Å². The number of aryl methyl sites for hydroxylation is 1. The Balaban J connectivity index is 2.88. The number of nitrogens with zero attached hydrogens (tertiary/aromatic N) is 2. The summed E-state index contributed by atoms with van der Waals surface area (Å²) in [6.07, 6.45) is -0.401. The largest absolute Gasteiger partial charge is 0.394 e. The van der Waals surface area contributed by atoms with Crippen molar-refractivity contribution in [2.45, 2.75) is 32.8 Å². The lowest BCUT2D eigenvalue weighted by Gasteiger charge is -2.09. The molecule has 5 heteroatoms. The van der Waals surface area contributed by atoms with Crippen LogP contribution in [0.15, 0.2) is 0 Å². The van der Waals surface area contributed by atoms with Gasteiger partial charge in [-0.2, -0.15) is 5.10 Å². The van der Waals surface area contributed by atoms with Gasteiger partial charge >= 0.3 is 0 Å². The fourth-order valence-corrected chi connectivity index (χ4v) is 1.44. The van der Waals surface area contributed by atoms with E-state index in [0.29, 0.717) is 18.2 Å². The standard InChI is InChI=1S/C10H20N4O/c1-6(2)9-8(11)10(14(4)13-9)12-5-7(3)15/h6-7,12,15H,5,11H2,1-4H3. The Labute approximate surface area is 90.3 Å². The molecule has 0 saturated carbocycles. The molecule has 1 rings (SSSR count). The van der Waals surface area contributed by atoms with E-state index in [4.69, 9.17) is 5.73 Å². The zero-order chi connectivity index (χ0) is 11.6. The molecule has 0 fully saturated rings. The van der Waals surface area contributed by atoms with E-state index in [2.05, 4.69) is 24.3 Å². The monoisotopic (exact) mass is 212 g/mol. The summed E-state index contributed by atoms with van der Waals surface area (Å²) >= 11 is 0. The van der Waals surface area contributed by atoms with E-state index in [0.717, 1.165) is 11.5 Å². The Morgan fingerprint density at radius 1 is 1.47 bits per heavy atom. The van der Waals surface area contributed by atoms with Crippen molar-refractivity contribution in [3.05, 3.63) is 5.69 Å². The highest BCUT2D eigenvalue weighted by Crippen LogP contribution is 2.27. The van der Waals surface area contributed by atoms with Gasteiger partial charge in [-0.05, 0) is 12.8 Å². The Morgan fingerprint density at radius 2 is 2.07 bits per heavy atom. The number of hydrogen-bond donors (Lipinski definition) is 3. The summed E-state index contributed by atoms with van der Waals surface area (Å²) in [5.74, 6) is 1.08. The molecule has 1 heterocycles. The summed E-state index contributed by atoms with van der Waals surface area (Å²) in [6.45, 7) is 6.30. The van der Waals surface area contributed by atoms with E-state index in [-0.39, 0.29) is 0 Å². The second-order valence-corrected chi connectivity index (χ2v) is 4.16. The second kappa shape index (κ2) is 4.53. The van der Waals surface area contributed by atoms with E-state index < -0.39 is 6.10 Å². The van der Waals surface area contributed by atoms with Crippen LogP contribution in [-0.4, -0.2) is 27.5 Å². The maximum absolute atomic E-state index is 9.18. The van der Waals surface area contributed by atoms with Gasteiger partial charge in [0.25, 0.3) is 0 Å². The van der Waals surface area contributed by atoms with Crippen LogP contribution in [0.4, 0.5) is 11.5 Å². The lowest BCUT2D eigenvalue weighted by molar-refractivity contribution is 0.208. The summed E-state index contributed by atoms with van der Waals surface area (Å²) in [4.78, 5) is 0. The third-order valence-corrected chi connectivity index (χ3v) is 2.22. The number of aliphatic hydroxyl groups excluding tert-OH is 1. The molecule has 0 spiro atoms. The van der Waals surface area contributed by atoms with Gasteiger partial charge in [0.1, 0.15) is 5.82 Å². The molecule has 1 aromatic rings. The molecule has 0 radical (unpaired) electrons. The summed E-state index contributed by atoms with van der Waals surface area (Å²) in [5.41, 5.74) is 7.53. The van der Waals surface area contributed by atoms with Gasteiger partial charge < -0.3 is 16.2 Å². The summed E-state index contributed by atoms with van der Waals surface area (Å²) < 4.78 is 1.72. The van der Waals surface area contributed by atoms with E-state index >= 15 is 0 Å². The van der Waals surface area contributed by atoms with Gasteiger partial charge in [0.15, 0.2) is 0 Å². The Morgan fingerprint density at radius 3 is 2.47 bits per heavy atom. The number of aromatic nitrogens is 2. The van der Waals surface area contributed by atoms with Crippen LogP contribution in [0.25, 0.3) is 0 Å². The van der Waals surface area contributed by atoms with Crippen LogP contribution in [0.2, 0.25) is 0 Å². The molecule has 1 unspecified atom stereocenters. The van der Waals surface area contributed by atoms with Gasteiger partial charge in [-0.25, -0.2) is 0 Å². The summed E-state index contributed by atoms with van der Waals surface area (Å²) in [6, 6.07) is 0. The van der Waals surface area contributed by atoms with E-state index in [1.807, 2.05) is 7.05 Å². The molecule has 0 aliphatic heterocycles. The van der Waals surface area contributed by atoms with E-state index in [1.165, 1.54) is 0 Å². The highest BCUT2D eigenvalue weighted by atomic mass is 16.3. The van der Waals surface area contributed by atoms with Crippen molar-refractivity contribution in [2.24, 2.45) is 7.05 Å². The average molecular weight is 212 g/mol. The van der Waals surface area contributed by atoms with Crippen LogP contribution < -0.4 is 11.1 Å². The highest BCUT2D eigenvalue weighted by Gasteiger charge is 2.15. The van der Waals surface area contributed by atoms with Crippen molar-refractivity contribution in [2.75, 3.05) is 17.6 Å². The number of anilines is 2. The fraction of sp³-hybridized carbons (Fsp3) is 0.700. The number of nitrogens with one attached hydrogen (secondary N) is 1. The maximum Gasteiger partial charge on any atom is 0.147 e. The van der Waals surface area contributed by atoms with Crippen LogP contribution in [0.5, 0.6) is 0 Å². The van der Waals surface area contributed by atoms with Gasteiger partial charge in [0, 0.05) is 13.6 Å². The Bertz CT molecular complexity index is 330. The van der Waals surface area contributed by atoms with Crippen LogP contribution >= 0.6 is 0 Å². The molecule has 0 aliphatic rings. The molecule has 4 N–H and O–H groups in total. The molecule has 5 nitrogen and oxygen atoms in total. The zero-order valence-electron chi connectivity index (χ0n) is 9.78. The molecule has 1 aromatic heterocycles. The molecule has 15 heavy (non-hydrogen) atoms. The van der Waals surface area contributed by atoms with Gasteiger partial charge in [0.05, 0.1) is 17.5 Å². The van der Waals surface area contributed by atoms with Gasteiger partial charge in [-0.1, -0.05) is 13.8 Å². The Kier molecular flexibility index (Phi) is 3.57. The van der Waals surface area contributed by atoms with Crippen molar-refractivity contribution in [1.82, 2.24) is 9.78 Å². The molecule has 1 atom stereocenters. The first kappa shape index (κ1) is 11.8. The number of nitrogens with two attached hydrogens (primary N) is 1. The van der Waals surface area contributed by atoms with Crippen LogP contribution in [0, 0.1) is 0 Å². The third kappa shape index (κ3) is 2.62. The molecule has 0 bridgehead atoms. The molecule has 86 valence electrons. The lowest BCUT2D eigenvalue weighted by Crippen LogP contribution is -2.17. The lowest BCUT2D eigenvalue weighted by atomic mass is 10.1. The quantitative estimate of drug-likeness (QED) is 0.693. The zero-order valence-corrected chi connectivity index (χ0v) is 9.78. The molecule has 0 aliphatic carbocycles. The van der Waals surface area contributed by atoms with Crippen LogP contribution in [0.3, 0.4) is 0 Å². The number of aliphatic hydroxyl groups is 1. The topological polar surface area (TPSA) is 76.1 Å². The van der Waals surface area contributed by atoms with Crippen LogP contribution in [-0.2, 0) is 7.05 Å². The first-order valence-electron chi connectivity index (χ1n) is 5.17. The Hall–Kier alpha value is -1.23. The normalized spacial score (nSPS) is 13.2. The number of rotatable bonds is 4. The average Bonchev–Trinajstić information content (AvgIpc) is 2.39. The van der Waals surface area contributed by atoms with Crippen LogP contribution in [0.1, 0.15) is 32.4 Å². The van der Waals surface area contributed by atoms with Gasteiger partial charge in [-0.15, -0.1) is 0 Å². The second-order valence-electron chi connectivity index (χ2n) is 4.16. The smallest absolute Gasteiger partial charge is 0.147 e. The van der Waals surface area contributed by atoms with E-state index in [1.54, 1.807) is 11.6 Å². The maximum atomic E-state index is 9.18. The molecule has 0 saturated heterocycles. The first-order chi connectivity index (χ1) is 6.93. The van der Waals surface area contributed by atoms with Gasteiger partial charge in [-0.3, -0.25) is 4.68 Å². The van der Waals surface area contributed by atoms with E-state index in [9.17, 15) is 5.11 Å². The predicted molar refractivity (Wildman–Crippen MR) is 61.9 cm³/mol. The molecular formula is C10H20N4O. The molecule has 0 aromatic carbocycles. The minimum atomic E-state index is -0.401. The first-order valence-corrected chi connectivity index (χ1v) is 5.17. The van der Waals surface area contributed by atoms with Crippen molar-refractivity contribution < 1.29 is 5.11 Å². The molecule has 0 amide bonds. The summed E-state index contributed by atoms with van der Waals surface area (Å²) in [5, 5.41) is 16.6.